The second-order valence-electron chi connectivity index (χ2n) is 5.50. The van der Waals surface area contributed by atoms with E-state index >= 15 is 0 Å². The van der Waals surface area contributed by atoms with Gasteiger partial charge in [-0.25, -0.2) is 0 Å². The molecule has 0 saturated heterocycles. The Bertz CT molecular complexity index is 839. The molecule has 0 aromatic heterocycles. The Morgan fingerprint density at radius 3 is 2.56 bits per heavy atom. The topological polar surface area (TPSA) is 76.2 Å². The van der Waals surface area contributed by atoms with Crippen LogP contribution in [0.4, 0.5) is 5.69 Å². The highest BCUT2D eigenvalue weighted by molar-refractivity contribution is 6.32. The van der Waals surface area contributed by atoms with E-state index in [2.05, 4.69) is 6.07 Å². The molecule has 0 N–H and O–H groups in total. The van der Waals surface area contributed by atoms with Crippen molar-refractivity contribution in [2.75, 3.05) is 0 Å². The molecule has 0 spiro atoms. The number of nitro benzene ring substituents is 1. The highest BCUT2D eigenvalue weighted by Crippen LogP contribution is 2.29. The summed E-state index contributed by atoms with van der Waals surface area (Å²) >= 11 is 6.25. The molecule has 0 heterocycles. The maximum atomic E-state index is 10.7. The van der Waals surface area contributed by atoms with Crippen LogP contribution in [-0.2, 0) is 0 Å². The van der Waals surface area contributed by atoms with Gasteiger partial charge in [0.2, 0.25) is 0 Å². The van der Waals surface area contributed by atoms with Crippen molar-refractivity contribution in [3.05, 3.63) is 68.7 Å². The van der Waals surface area contributed by atoms with Crippen molar-refractivity contribution in [2.45, 2.75) is 26.4 Å². The summed E-state index contributed by atoms with van der Waals surface area (Å²) in [6, 6.07) is 13.3. The van der Waals surface area contributed by atoms with Gasteiger partial charge >= 0.3 is 0 Å². The molecule has 0 fully saturated rings. The summed E-state index contributed by atoms with van der Waals surface area (Å²) in [5.41, 5.74) is 1.72. The average molecular weight is 357 g/mol. The Labute approximate surface area is 151 Å². The van der Waals surface area contributed by atoms with Crippen LogP contribution in [0, 0.1) is 21.4 Å². The summed E-state index contributed by atoms with van der Waals surface area (Å²) in [6.07, 6.45) is 2.62. The second-order valence-corrected chi connectivity index (χ2v) is 5.91. The predicted octanol–water partition coefficient (Wildman–Crippen LogP) is 5.49. The van der Waals surface area contributed by atoms with Crippen LogP contribution in [0.1, 0.15) is 31.4 Å². The molecule has 25 heavy (non-hydrogen) atoms. The van der Waals surface area contributed by atoms with Gasteiger partial charge in [-0.05, 0) is 54.8 Å². The molecule has 0 unspecified atom stereocenters. The Kier molecular flexibility index (Phi) is 6.15. The number of non-ortho nitro benzene ring substituents is 1. The smallest absolute Gasteiger partial charge is 0.269 e. The highest BCUT2D eigenvalue weighted by Gasteiger charge is 2.09. The number of benzene rings is 2. The molecule has 2 aromatic carbocycles. The van der Waals surface area contributed by atoms with Crippen molar-refractivity contribution in [3.8, 4) is 11.8 Å². The van der Waals surface area contributed by atoms with Gasteiger partial charge in [0, 0.05) is 12.1 Å². The van der Waals surface area contributed by atoms with Crippen LogP contribution in [0.5, 0.6) is 5.75 Å². The lowest BCUT2D eigenvalue weighted by molar-refractivity contribution is -0.384. The van der Waals surface area contributed by atoms with Crippen molar-refractivity contribution in [1.29, 1.82) is 5.26 Å². The van der Waals surface area contributed by atoms with E-state index < -0.39 is 4.92 Å². The van der Waals surface area contributed by atoms with Gasteiger partial charge in [0.05, 0.1) is 27.7 Å². The Balaban J connectivity index is 2.29. The van der Waals surface area contributed by atoms with Crippen LogP contribution in [0.25, 0.3) is 11.6 Å². The molecule has 0 aliphatic rings. The summed E-state index contributed by atoms with van der Waals surface area (Å²) < 4.78 is 5.72. The number of halogens is 1. The molecule has 0 aliphatic carbocycles. The highest BCUT2D eigenvalue weighted by atomic mass is 35.5. The number of nitro groups is 1. The predicted molar refractivity (Wildman–Crippen MR) is 98.4 cm³/mol. The van der Waals surface area contributed by atoms with Crippen LogP contribution in [0.2, 0.25) is 5.02 Å². The minimum atomic E-state index is -0.477. The van der Waals surface area contributed by atoms with E-state index in [0.717, 1.165) is 12.0 Å². The van der Waals surface area contributed by atoms with Gasteiger partial charge in [-0.3, -0.25) is 10.1 Å². The number of nitriles is 1. The first-order valence-corrected chi connectivity index (χ1v) is 8.15. The van der Waals surface area contributed by atoms with Gasteiger partial charge in [-0.2, -0.15) is 5.26 Å². The van der Waals surface area contributed by atoms with E-state index in [9.17, 15) is 15.4 Å². The first-order valence-electron chi connectivity index (χ1n) is 7.77. The van der Waals surface area contributed by atoms with E-state index in [1.807, 2.05) is 19.9 Å². The van der Waals surface area contributed by atoms with Crippen LogP contribution in [0.15, 0.2) is 42.5 Å². The summed E-state index contributed by atoms with van der Waals surface area (Å²) in [4.78, 5) is 10.2. The van der Waals surface area contributed by atoms with Crippen molar-refractivity contribution in [2.24, 2.45) is 0 Å². The second kappa shape index (κ2) is 8.32. The first kappa shape index (κ1) is 18.5. The van der Waals surface area contributed by atoms with Crippen LogP contribution < -0.4 is 4.74 Å². The molecule has 128 valence electrons. The third-order valence-electron chi connectivity index (χ3n) is 3.68. The number of hydrogen-bond donors (Lipinski definition) is 0. The quantitative estimate of drug-likeness (QED) is 0.297. The molecule has 0 amide bonds. The van der Waals surface area contributed by atoms with Crippen molar-refractivity contribution >= 4 is 28.9 Å². The van der Waals surface area contributed by atoms with Crippen LogP contribution in [-0.4, -0.2) is 11.0 Å². The molecule has 6 heteroatoms. The number of nitrogens with zero attached hydrogens (tertiary/aromatic N) is 2. The van der Waals surface area contributed by atoms with E-state index in [1.54, 1.807) is 30.3 Å². The maximum absolute atomic E-state index is 10.7. The van der Waals surface area contributed by atoms with Gasteiger partial charge in [0.15, 0.2) is 0 Å². The number of rotatable bonds is 6. The van der Waals surface area contributed by atoms with Crippen molar-refractivity contribution in [3.63, 3.8) is 0 Å². The lowest BCUT2D eigenvalue weighted by Gasteiger charge is -2.14. The fourth-order valence-corrected chi connectivity index (χ4v) is 2.35. The minimum absolute atomic E-state index is 0.0179. The van der Waals surface area contributed by atoms with Gasteiger partial charge in [0.1, 0.15) is 5.75 Å². The zero-order chi connectivity index (χ0) is 18.4. The molecule has 2 rings (SSSR count). The minimum Gasteiger partial charge on any atom is -0.489 e. The Morgan fingerprint density at radius 1 is 1.36 bits per heavy atom. The molecule has 0 radical (unpaired) electrons. The largest absolute Gasteiger partial charge is 0.489 e. The van der Waals surface area contributed by atoms with Crippen molar-refractivity contribution in [1.82, 2.24) is 0 Å². The molecule has 2 aromatic rings. The van der Waals surface area contributed by atoms with Gasteiger partial charge in [0.25, 0.3) is 5.69 Å². The molecule has 0 aliphatic heterocycles. The molecule has 0 saturated carbocycles. The van der Waals surface area contributed by atoms with Crippen molar-refractivity contribution < 1.29 is 9.66 Å². The van der Waals surface area contributed by atoms with E-state index in [0.29, 0.717) is 21.9 Å². The summed E-state index contributed by atoms with van der Waals surface area (Å²) in [7, 11) is 0. The van der Waals surface area contributed by atoms with Gasteiger partial charge < -0.3 is 4.74 Å². The maximum Gasteiger partial charge on any atom is 0.269 e. The summed E-state index contributed by atoms with van der Waals surface area (Å²) in [6.45, 7) is 3.99. The Hall–Kier alpha value is -2.84. The zero-order valence-corrected chi connectivity index (χ0v) is 14.7. The number of allylic oxidation sites excluding steroid dienone is 1. The number of hydrogen-bond acceptors (Lipinski definition) is 4. The molecule has 1 atom stereocenters. The lowest BCUT2D eigenvalue weighted by atomic mass is 10.0. The first-order chi connectivity index (χ1) is 11.9. The van der Waals surface area contributed by atoms with Gasteiger partial charge in [-0.15, -0.1) is 0 Å². The third kappa shape index (κ3) is 4.82. The summed E-state index contributed by atoms with van der Waals surface area (Å²) in [5, 5.41) is 20.6. The molecule has 5 nitrogen and oxygen atoms in total. The van der Waals surface area contributed by atoms with Crippen LogP contribution in [0.3, 0.4) is 0 Å². The zero-order valence-electron chi connectivity index (χ0n) is 13.9. The van der Waals surface area contributed by atoms with E-state index in [1.165, 1.54) is 12.1 Å². The SMILES string of the molecule is CC[C@@H](C)Oc1ccc(/C=C(/C#N)c2ccc([N+](=O)[O-])cc2)cc1Cl. The summed E-state index contributed by atoms with van der Waals surface area (Å²) in [5.74, 6) is 0.599. The lowest BCUT2D eigenvalue weighted by Crippen LogP contribution is -2.09. The average Bonchev–Trinajstić information content (AvgIpc) is 2.61. The monoisotopic (exact) mass is 356 g/mol. The van der Waals surface area contributed by atoms with E-state index in [4.69, 9.17) is 16.3 Å². The fraction of sp³-hybridized carbons (Fsp3) is 0.211. The van der Waals surface area contributed by atoms with Gasteiger partial charge in [-0.1, -0.05) is 24.6 Å². The standard InChI is InChI=1S/C19H17ClN2O3/c1-3-13(2)25-19-9-4-14(11-18(19)20)10-16(12-21)15-5-7-17(8-6-15)22(23)24/h4-11,13H,3H2,1-2H3/b16-10-/t13-/m1/s1. The molecular weight excluding hydrogens is 340 g/mol. The molecule has 0 bridgehead atoms. The third-order valence-corrected chi connectivity index (χ3v) is 3.97. The fourth-order valence-electron chi connectivity index (χ4n) is 2.11. The molecular formula is C19H17ClN2O3. The Morgan fingerprint density at radius 2 is 2.04 bits per heavy atom. The normalized spacial score (nSPS) is 12.3. The van der Waals surface area contributed by atoms with E-state index in [-0.39, 0.29) is 11.8 Å². The number of ether oxygens (including phenoxy) is 1. The van der Waals surface area contributed by atoms with Crippen LogP contribution >= 0.6 is 11.6 Å².